The van der Waals surface area contributed by atoms with Crippen LogP contribution in [0.5, 0.6) is 0 Å². The predicted molar refractivity (Wildman–Crippen MR) is 102 cm³/mol. The third-order valence-electron chi connectivity index (χ3n) is 6.14. The normalized spacial score (nSPS) is 28.6. The second-order valence-corrected chi connectivity index (χ2v) is 9.85. The summed E-state index contributed by atoms with van der Waals surface area (Å²) in [7, 11) is -3.76. The van der Waals surface area contributed by atoms with Crippen LogP contribution in [0.3, 0.4) is 0 Å². The number of piperazine rings is 1. The largest absolute Gasteiger partial charge is 0.325 e. The minimum absolute atomic E-state index is 0.0208. The predicted octanol–water partition coefficient (Wildman–Crippen LogP) is 0.115. The molecule has 2 bridgehead atoms. The van der Waals surface area contributed by atoms with Gasteiger partial charge in [-0.05, 0) is 37.5 Å². The van der Waals surface area contributed by atoms with Crippen molar-refractivity contribution in [2.45, 2.75) is 48.3 Å². The van der Waals surface area contributed by atoms with E-state index in [9.17, 15) is 22.9 Å². The van der Waals surface area contributed by atoms with E-state index in [-0.39, 0.29) is 22.9 Å². The maximum absolute atomic E-state index is 13.5. The highest BCUT2D eigenvalue weighted by molar-refractivity contribution is 7.89. The van der Waals surface area contributed by atoms with Gasteiger partial charge in [0.1, 0.15) is 11.9 Å². The van der Waals surface area contributed by atoms with Crippen LogP contribution in [0.2, 0.25) is 0 Å². The van der Waals surface area contributed by atoms with Gasteiger partial charge in [0, 0.05) is 38.3 Å². The average Bonchev–Trinajstić information content (AvgIpc) is 3.42. The molecule has 3 aliphatic heterocycles. The summed E-state index contributed by atoms with van der Waals surface area (Å²) in [5.41, 5.74) is 6.14. The highest BCUT2D eigenvalue weighted by atomic mass is 32.2. The molecule has 1 aromatic carbocycles. The van der Waals surface area contributed by atoms with Gasteiger partial charge in [-0.2, -0.15) is 9.57 Å². The summed E-state index contributed by atoms with van der Waals surface area (Å²) >= 11 is 0. The smallest absolute Gasteiger partial charge is 0.243 e. The lowest BCUT2D eigenvalue weighted by molar-refractivity contribution is -0.133. The molecule has 3 saturated heterocycles. The number of carbonyl (C=O) groups is 1. The summed E-state index contributed by atoms with van der Waals surface area (Å²) in [6.45, 7) is 1.68. The van der Waals surface area contributed by atoms with Gasteiger partial charge in [0.05, 0.1) is 17.0 Å². The van der Waals surface area contributed by atoms with Gasteiger partial charge in [-0.15, -0.1) is 0 Å². The lowest BCUT2D eigenvalue weighted by atomic mass is 10.2. The first-order valence-electron chi connectivity index (χ1n) is 9.78. The molecule has 0 aliphatic carbocycles. The van der Waals surface area contributed by atoms with Gasteiger partial charge in [0.2, 0.25) is 15.9 Å². The first kappa shape index (κ1) is 20.2. The molecule has 3 aliphatic rings. The molecule has 0 spiro atoms. The van der Waals surface area contributed by atoms with Crippen LogP contribution in [0.15, 0.2) is 29.2 Å². The van der Waals surface area contributed by atoms with Crippen LogP contribution >= 0.6 is 0 Å². The number of nitriles is 1. The molecule has 2 N–H and O–H groups in total. The molecule has 156 valence electrons. The van der Waals surface area contributed by atoms with Crippen molar-refractivity contribution in [3.63, 3.8) is 0 Å². The molecule has 3 fully saturated rings. The summed E-state index contributed by atoms with van der Waals surface area (Å²) in [6, 6.07) is 5.81. The highest BCUT2D eigenvalue weighted by Crippen LogP contribution is 2.35. The van der Waals surface area contributed by atoms with Gasteiger partial charge in [0.15, 0.2) is 0 Å². The molecule has 0 unspecified atom stereocenters. The summed E-state index contributed by atoms with van der Waals surface area (Å²) in [5, 5.41) is 9.17. The molecule has 10 heteroatoms. The Balaban J connectivity index is 1.39. The van der Waals surface area contributed by atoms with Gasteiger partial charge < -0.3 is 10.6 Å². The van der Waals surface area contributed by atoms with Crippen molar-refractivity contribution in [3.8, 4) is 6.07 Å². The van der Waals surface area contributed by atoms with Crippen LogP contribution in [0.4, 0.5) is 4.39 Å². The van der Waals surface area contributed by atoms with E-state index >= 15 is 0 Å². The highest BCUT2D eigenvalue weighted by Gasteiger charge is 2.49. The summed E-state index contributed by atoms with van der Waals surface area (Å²) < 4.78 is 40.7. The van der Waals surface area contributed by atoms with Crippen LogP contribution in [-0.2, 0) is 14.8 Å². The van der Waals surface area contributed by atoms with Crippen LogP contribution in [0, 0.1) is 17.1 Å². The Kier molecular flexibility index (Phi) is 5.33. The molecule has 3 heterocycles. The zero-order valence-corrected chi connectivity index (χ0v) is 16.8. The summed E-state index contributed by atoms with van der Waals surface area (Å²) in [6.07, 6.45) is 2.15. The number of fused-ring (bicyclic) bond motifs is 2. The summed E-state index contributed by atoms with van der Waals surface area (Å²) in [4.78, 5) is 16.2. The van der Waals surface area contributed by atoms with Crippen molar-refractivity contribution >= 4 is 15.9 Å². The molecule has 4 rings (SSSR count). The second kappa shape index (κ2) is 7.65. The minimum Gasteiger partial charge on any atom is -0.325 e. The van der Waals surface area contributed by atoms with Crippen LogP contribution in [-0.4, -0.2) is 78.8 Å². The number of hydrogen-bond donors (Lipinski definition) is 1. The molecule has 8 nitrogen and oxygen atoms in total. The molecule has 0 aromatic heterocycles. The monoisotopic (exact) mass is 421 g/mol. The Labute approximate surface area is 169 Å². The number of carbonyl (C=O) groups excluding carboxylic acids is 1. The molecule has 0 saturated carbocycles. The molecule has 0 radical (unpaired) electrons. The second-order valence-electron chi connectivity index (χ2n) is 7.95. The van der Waals surface area contributed by atoms with Crippen molar-refractivity contribution in [2.24, 2.45) is 5.73 Å². The number of halogens is 1. The number of nitrogens with two attached hydrogens (primary N) is 1. The van der Waals surface area contributed by atoms with Crippen molar-refractivity contribution in [2.75, 3.05) is 26.2 Å². The van der Waals surface area contributed by atoms with Crippen molar-refractivity contribution in [1.82, 2.24) is 14.1 Å². The van der Waals surface area contributed by atoms with Crippen LogP contribution in [0.25, 0.3) is 0 Å². The Morgan fingerprint density at radius 3 is 2.79 bits per heavy atom. The van der Waals surface area contributed by atoms with E-state index in [1.807, 2.05) is 0 Å². The number of benzene rings is 1. The lowest BCUT2D eigenvalue weighted by Crippen LogP contribution is -2.55. The van der Waals surface area contributed by atoms with Crippen molar-refractivity contribution < 1.29 is 17.6 Å². The number of hydrogen-bond acceptors (Lipinski definition) is 6. The lowest BCUT2D eigenvalue weighted by Gasteiger charge is -2.35. The zero-order chi connectivity index (χ0) is 20.8. The van der Waals surface area contributed by atoms with E-state index in [4.69, 9.17) is 5.73 Å². The fourth-order valence-corrected chi connectivity index (χ4v) is 6.40. The van der Waals surface area contributed by atoms with Crippen molar-refractivity contribution in [3.05, 3.63) is 30.1 Å². The third-order valence-corrected chi connectivity index (χ3v) is 8.05. The van der Waals surface area contributed by atoms with E-state index in [0.717, 1.165) is 12.5 Å². The Hall–Kier alpha value is -2.06. The van der Waals surface area contributed by atoms with Gasteiger partial charge in [-0.25, -0.2) is 12.8 Å². The van der Waals surface area contributed by atoms with Gasteiger partial charge in [-0.3, -0.25) is 9.69 Å². The topological polar surface area (TPSA) is 111 Å². The molecular formula is C19H24FN5O3S. The SMILES string of the molecule is N#C[C@@H]1CCCN1C(=O)[C@@H](N)CN1C[C@@H]2C[C@H]1CN2S(=O)(=O)c1cccc(F)c1. The van der Waals surface area contributed by atoms with Crippen molar-refractivity contribution in [1.29, 1.82) is 5.26 Å². The van der Waals surface area contributed by atoms with Gasteiger partial charge in [0.25, 0.3) is 0 Å². The quantitative estimate of drug-likeness (QED) is 0.723. The Morgan fingerprint density at radius 2 is 2.14 bits per heavy atom. The molecule has 4 atom stereocenters. The van der Waals surface area contributed by atoms with E-state index in [2.05, 4.69) is 11.0 Å². The standard InChI is InChI=1S/C19H24FN5O3S/c20-13-3-1-5-17(7-13)29(27,28)25-11-15-8-16(25)10-23(15)12-18(22)19(26)24-6-2-4-14(24)9-21/h1,3,5,7,14-16,18H,2,4,6,8,10-12,22H2/t14-,15-,16-,18-/m0/s1. The number of rotatable bonds is 5. The number of nitrogens with zero attached hydrogens (tertiary/aromatic N) is 4. The molecule has 1 aromatic rings. The maximum atomic E-state index is 13.5. The number of likely N-dealkylation sites (tertiary alicyclic amines) is 2. The van der Waals surface area contributed by atoms with E-state index in [0.29, 0.717) is 39.0 Å². The Morgan fingerprint density at radius 1 is 1.34 bits per heavy atom. The molecule has 1 amide bonds. The van der Waals surface area contributed by atoms with Gasteiger partial charge in [-0.1, -0.05) is 6.07 Å². The Bertz CT molecular complexity index is 949. The molecule has 29 heavy (non-hydrogen) atoms. The number of amides is 1. The van der Waals surface area contributed by atoms with E-state index in [1.165, 1.54) is 22.5 Å². The number of sulfonamides is 1. The fraction of sp³-hybridized carbons (Fsp3) is 0.579. The third kappa shape index (κ3) is 3.64. The molecular weight excluding hydrogens is 397 g/mol. The summed E-state index contributed by atoms with van der Waals surface area (Å²) in [5.74, 6) is -0.805. The van der Waals surface area contributed by atoms with Crippen LogP contribution in [0.1, 0.15) is 19.3 Å². The maximum Gasteiger partial charge on any atom is 0.243 e. The first-order chi connectivity index (χ1) is 13.8. The van der Waals surface area contributed by atoms with Gasteiger partial charge >= 0.3 is 0 Å². The minimum atomic E-state index is -3.76. The van der Waals surface area contributed by atoms with Crippen LogP contribution < -0.4 is 5.73 Å². The van der Waals surface area contributed by atoms with E-state index in [1.54, 1.807) is 4.90 Å². The first-order valence-corrected chi connectivity index (χ1v) is 11.2. The zero-order valence-electron chi connectivity index (χ0n) is 15.9. The van der Waals surface area contributed by atoms with E-state index < -0.39 is 27.9 Å². The fourth-order valence-electron chi connectivity index (χ4n) is 4.70. The average molecular weight is 421 g/mol.